The Hall–Kier alpha value is -4.99. The molecule has 0 saturated heterocycles. The summed E-state index contributed by atoms with van der Waals surface area (Å²) in [5.41, 5.74) is 5.90. The molecule has 0 amide bonds. The van der Waals surface area contributed by atoms with Gasteiger partial charge in [-0.3, -0.25) is 0 Å². The first kappa shape index (κ1) is 23.4. The van der Waals surface area contributed by atoms with Crippen molar-refractivity contribution in [2.75, 3.05) is 0 Å². The summed E-state index contributed by atoms with van der Waals surface area (Å²) in [7, 11) is 0. The molecule has 0 radical (unpaired) electrons. The van der Waals surface area contributed by atoms with Crippen LogP contribution in [0, 0.1) is 11.3 Å². The second kappa shape index (κ2) is 10.6. The van der Waals surface area contributed by atoms with Gasteiger partial charge in [-0.2, -0.15) is 10.4 Å². The van der Waals surface area contributed by atoms with E-state index in [2.05, 4.69) is 6.07 Å². The molecule has 0 aliphatic carbocycles. The molecule has 38 heavy (non-hydrogen) atoms. The second-order valence-electron chi connectivity index (χ2n) is 8.67. The van der Waals surface area contributed by atoms with Crippen molar-refractivity contribution >= 4 is 33.2 Å². The van der Waals surface area contributed by atoms with E-state index in [9.17, 15) is 5.26 Å². The lowest BCUT2D eigenvalue weighted by Gasteiger charge is -2.08. The second-order valence-corrected chi connectivity index (χ2v) is 9.70. The molecule has 0 unspecified atom stereocenters. The highest BCUT2D eigenvalue weighted by atomic mass is 32.1. The molecule has 6 heteroatoms. The maximum atomic E-state index is 10.1. The van der Waals surface area contributed by atoms with Gasteiger partial charge in [-0.05, 0) is 48.0 Å². The summed E-state index contributed by atoms with van der Waals surface area (Å²) in [6.07, 6.45) is 3.82. The molecule has 4 aromatic carbocycles. The van der Waals surface area contributed by atoms with E-state index in [1.54, 1.807) is 0 Å². The maximum absolute atomic E-state index is 10.1. The van der Waals surface area contributed by atoms with Crippen LogP contribution in [0.5, 0.6) is 5.75 Å². The van der Waals surface area contributed by atoms with Gasteiger partial charge in [0, 0.05) is 17.3 Å². The minimum absolute atomic E-state index is 0.478. The molecule has 0 saturated carbocycles. The van der Waals surface area contributed by atoms with Gasteiger partial charge < -0.3 is 4.74 Å². The van der Waals surface area contributed by atoms with E-state index in [1.165, 1.54) is 11.3 Å². The molecule has 5 nitrogen and oxygen atoms in total. The monoisotopic (exact) mass is 510 g/mol. The molecule has 182 valence electrons. The third-order valence-electron chi connectivity index (χ3n) is 6.06. The number of aromatic nitrogens is 3. The van der Waals surface area contributed by atoms with Gasteiger partial charge in [0.2, 0.25) is 0 Å². The minimum Gasteiger partial charge on any atom is -0.489 e. The number of rotatable bonds is 7. The SMILES string of the molecule is N#C/C(=C/c1cn(-c2ccccc2)nc1-c1cccc(OCc2ccccc2)c1)c1nc2ccccc2s1. The highest BCUT2D eigenvalue weighted by Crippen LogP contribution is 2.32. The van der Waals surface area contributed by atoms with Crippen LogP contribution in [0.1, 0.15) is 16.1 Å². The average Bonchev–Trinajstić information content (AvgIpc) is 3.60. The number of hydrogen-bond donors (Lipinski definition) is 0. The summed E-state index contributed by atoms with van der Waals surface area (Å²) < 4.78 is 8.97. The number of allylic oxidation sites excluding steroid dienone is 1. The fourth-order valence-corrected chi connectivity index (χ4v) is 5.12. The van der Waals surface area contributed by atoms with Crippen molar-refractivity contribution in [1.82, 2.24) is 14.8 Å². The molecular weight excluding hydrogens is 488 g/mol. The van der Waals surface area contributed by atoms with Crippen LogP contribution in [0.4, 0.5) is 0 Å². The third-order valence-corrected chi connectivity index (χ3v) is 7.13. The first-order valence-electron chi connectivity index (χ1n) is 12.2. The molecule has 0 atom stereocenters. The van der Waals surface area contributed by atoms with Crippen LogP contribution in [0.25, 0.3) is 38.8 Å². The van der Waals surface area contributed by atoms with Gasteiger partial charge in [-0.25, -0.2) is 9.67 Å². The molecule has 0 spiro atoms. The Bertz CT molecular complexity index is 1750. The van der Waals surface area contributed by atoms with E-state index in [1.807, 2.05) is 126 Å². The van der Waals surface area contributed by atoms with Crippen molar-refractivity contribution in [3.63, 3.8) is 0 Å². The predicted octanol–water partition coefficient (Wildman–Crippen LogP) is 7.79. The maximum Gasteiger partial charge on any atom is 0.135 e. The molecule has 2 heterocycles. The largest absolute Gasteiger partial charge is 0.489 e. The Kier molecular flexibility index (Phi) is 6.50. The summed E-state index contributed by atoms with van der Waals surface area (Å²) in [6, 6.07) is 38.2. The molecule has 0 bridgehead atoms. The number of fused-ring (bicyclic) bond motifs is 1. The van der Waals surface area contributed by atoms with Gasteiger partial charge in [0.25, 0.3) is 0 Å². The highest BCUT2D eigenvalue weighted by molar-refractivity contribution is 7.19. The van der Waals surface area contributed by atoms with Gasteiger partial charge in [-0.1, -0.05) is 72.8 Å². The van der Waals surface area contributed by atoms with Crippen LogP contribution in [-0.4, -0.2) is 14.8 Å². The zero-order chi connectivity index (χ0) is 25.7. The van der Waals surface area contributed by atoms with E-state index in [4.69, 9.17) is 14.8 Å². The zero-order valence-corrected chi connectivity index (χ0v) is 21.2. The van der Waals surface area contributed by atoms with Crippen LogP contribution >= 0.6 is 11.3 Å². The smallest absolute Gasteiger partial charge is 0.135 e. The molecule has 6 rings (SSSR count). The summed E-state index contributed by atoms with van der Waals surface area (Å²) in [5, 5.41) is 15.7. The number of thiazole rings is 1. The summed E-state index contributed by atoms with van der Waals surface area (Å²) >= 11 is 1.51. The van der Waals surface area contributed by atoms with Crippen molar-refractivity contribution < 1.29 is 4.74 Å². The van der Waals surface area contributed by atoms with Crippen LogP contribution < -0.4 is 4.74 Å². The number of para-hydroxylation sites is 2. The third kappa shape index (κ3) is 4.96. The van der Waals surface area contributed by atoms with Crippen molar-refractivity contribution in [3.05, 3.63) is 132 Å². The predicted molar refractivity (Wildman–Crippen MR) is 153 cm³/mol. The Morgan fingerprint density at radius 2 is 1.66 bits per heavy atom. The van der Waals surface area contributed by atoms with E-state index in [-0.39, 0.29) is 0 Å². The topological polar surface area (TPSA) is 63.7 Å². The van der Waals surface area contributed by atoms with Gasteiger partial charge in [0.05, 0.1) is 21.5 Å². The van der Waals surface area contributed by atoms with Gasteiger partial charge >= 0.3 is 0 Å². The number of hydrogen-bond acceptors (Lipinski definition) is 5. The lowest BCUT2D eigenvalue weighted by molar-refractivity contribution is 0.306. The molecule has 0 aliphatic heterocycles. The average molecular weight is 511 g/mol. The number of nitriles is 1. The Morgan fingerprint density at radius 1 is 0.895 bits per heavy atom. The first-order valence-corrected chi connectivity index (χ1v) is 13.0. The minimum atomic E-state index is 0.478. The highest BCUT2D eigenvalue weighted by Gasteiger charge is 2.15. The molecule has 0 fully saturated rings. The Labute approximate surface area is 224 Å². The van der Waals surface area contributed by atoms with E-state index in [0.717, 1.165) is 44.0 Å². The van der Waals surface area contributed by atoms with Crippen LogP contribution in [0.2, 0.25) is 0 Å². The number of nitrogens with zero attached hydrogens (tertiary/aromatic N) is 4. The van der Waals surface area contributed by atoms with Crippen LogP contribution in [-0.2, 0) is 6.61 Å². The molecule has 6 aromatic rings. The number of ether oxygens (including phenoxy) is 1. The fourth-order valence-electron chi connectivity index (χ4n) is 4.19. The normalized spacial score (nSPS) is 11.4. The quantitative estimate of drug-likeness (QED) is 0.206. The summed E-state index contributed by atoms with van der Waals surface area (Å²) in [5.74, 6) is 0.752. The molecule has 0 N–H and O–H groups in total. The van der Waals surface area contributed by atoms with Gasteiger partial charge in [-0.15, -0.1) is 11.3 Å². The Morgan fingerprint density at radius 3 is 2.45 bits per heavy atom. The van der Waals surface area contributed by atoms with Crippen molar-refractivity contribution in [1.29, 1.82) is 5.26 Å². The molecule has 0 aliphatic rings. The zero-order valence-electron chi connectivity index (χ0n) is 20.4. The summed E-state index contributed by atoms with van der Waals surface area (Å²) in [6.45, 7) is 0.478. The standard InChI is InChI=1S/C32H22N4OS/c33-20-25(32-34-29-16-7-8-17-30(29)38-32)18-26-21-36(27-13-5-2-6-14-27)35-31(26)24-12-9-15-28(19-24)37-22-23-10-3-1-4-11-23/h1-19,21H,22H2/b25-18-. The van der Waals surface area contributed by atoms with E-state index in [0.29, 0.717) is 17.2 Å². The van der Waals surface area contributed by atoms with Crippen LogP contribution in [0.3, 0.4) is 0 Å². The van der Waals surface area contributed by atoms with Crippen molar-refractivity contribution in [2.45, 2.75) is 6.61 Å². The summed E-state index contributed by atoms with van der Waals surface area (Å²) in [4.78, 5) is 4.70. The molecular formula is C32H22N4OS. The van der Waals surface area contributed by atoms with Gasteiger partial charge in [0.15, 0.2) is 0 Å². The number of benzene rings is 4. The van der Waals surface area contributed by atoms with E-state index >= 15 is 0 Å². The van der Waals surface area contributed by atoms with Crippen LogP contribution in [0.15, 0.2) is 115 Å². The fraction of sp³-hybridized carbons (Fsp3) is 0.0312. The van der Waals surface area contributed by atoms with Crippen molar-refractivity contribution in [2.24, 2.45) is 0 Å². The van der Waals surface area contributed by atoms with Gasteiger partial charge in [0.1, 0.15) is 29.1 Å². The van der Waals surface area contributed by atoms with Crippen molar-refractivity contribution in [3.8, 4) is 28.8 Å². The van der Waals surface area contributed by atoms with E-state index < -0.39 is 0 Å². The first-order chi connectivity index (χ1) is 18.8. The Balaban J connectivity index is 1.41. The lowest BCUT2D eigenvalue weighted by atomic mass is 10.1. The lowest BCUT2D eigenvalue weighted by Crippen LogP contribution is -1.96. The molecule has 2 aromatic heterocycles.